The number of H-pyrrole nitrogens is 1. The summed E-state index contributed by atoms with van der Waals surface area (Å²) in [5.74, 6) is 0.301. The number of anilines is 1. The van der Waals surface area contributed by atoms with Crippen LogP contribution in [0.25, 0.3) is 0 Å². The Morgan fingerprint density at radius 2 is 2.07 bits per heavy atom. The molecule has 0 aliphatic rings. The number of aromatic nitrogens is 3. The third-order valence-electron chi connectivity index (χ3n) is 3.55. The molecule has 1 aromatic heterocycles. The molecular formula is C17H22N6O5. The number of benzene rings is 1. The summed E-state index contributed by atoms with van der Waals surface area (Å²) in [5, 5.41) is 23.0. The van der Waals surface area contributed by atoms with E-state index in [9.17, 15) is 14.9 Å². The molecule has 0 amide bonds. The third-order valence-corrected chi connectivity index (χ3v) is 3.55. The van der Waals surface area contributed by atoms with Crippen LogP contribution in [0.3, 0.4) is 0 Å². The first-order chi connectivity index (χ1) is 13.2. The maximum absolute atomic E-state index is 12.1. The van der Waals surface area contributed by atoms with Crippen molar-refractivity contribution in [2.24, 2.45) is 5.10 Å². The summed E-state index contributed by atoms with van der Waals surface area (Å²) in [7, 11) is 1.39. The SMILES string of the molecule is CCOc1c(OC)cc(/C=N/Nc2nnc(C(C)(C)C)c(=O)[nH]2)cc1[N+](=O)[O-]. The molecule has 1 heterocycles. The van der Waals surface area contributed by atoms with E-state index >= 15 is 0 Å². The molecule has 2 rings (SSSR count). The van der Waals surface area contributed by atoms with Gasteiger partial charge in [-0.25, -0.2) is 5.43 Å². The van der Waals surface area contributed by atoms with E-state index in [1.165, 1.54) is 19.4 Å². The van der Waals surface area contributed by atoms with Gasteiger partial charge in [-0.15, -0.1) is 10.2 Å². The molecule has 0 aliphatic heterocycles. The molecule has 0 radical (unpaired) electrons. The average molecular weight is 390 g/mol. The molecule has 0 spiro atoms. The van der Waals surface area contributed by atoms with Gasteiger partial charge in [0.15, 0.2) is 5.75 Å². The van der Waals surface area contributed by atoms with Crippen molar-refractivity contribution >= 4 is 17.9 Å². The minimum atomic E-state index is -0.563. The maximum Gasteiger partial charge on any atom is 0.315 e. The van der Waals surface area contributed by atoms with Crippen molar-refractivity contribution in [2.75, 3.05) is 19.1 Å². The molecule has 11 nitrogen and oxygen atoms in total. The maximum atomic E-state index is 12.1. The van der Waals surface area contributed by atoms with E-state index in [4.69, 9.17) is 9.47 Å². The second-order valence-corrected chi connectivity index (χ2v) is 6.73. The zero-order valence-corrected chi connectivity index (χ0v) is 16.3. The first-order valence-corrected chi connectivity index (χ1v) is 8.43. The van der Waals surface area contributed by atoms with Crippen LogP contribution in [0.1, 0.15) is 39.0 Å². The van der Waals surface area contributed by atoms with E-state index in [1.54, 1.807) is 13.0 Å². The Kier molecular flexibility index (Phi) is 6.29. The number of rotatable bonds is 7. The fraction of sp³-hybridized carbons (Fsp3) is 0.412. The summed E-state index contributed by atoms with van der Waals surface area (Å²) in [4.78, 5) is 25.4. The quantitative estimate of drug-likeness (QED) is 0.416. The normalized spacial score (nSPS) is 11.5. The number of nitrogens with one attached hydrogen (secondary N) is 2. The number of hydrazone groups is 1. The summed E-state index contributed by atoms with van der Waals surface area (Å²) in [6.45, 7) is 7.52. The highest BCUT2D eigenvalue weighted by molar-refractivity contribution is 5.83. The van der Waals surface area contributed by atoms with Crippen LogP contribution in [0.4, 0.5) is 11.6 Å². The lowest BCUT2D eigenvalue weighted by Gasteiger charge is -2.15. The molecule has 1 aromatic carbocycles. The lowest BCUT2D eigenvalue weighted by Crippen LogP contribution is -2.28. The summed E-state index contributed by atoms with van der Waals surface area (Å²) in [6.07, 6.45) is 1.32. The Morgan fingerprint density at radius 1 is 1.36 bits per heavy atom. The number of nitrogens with zero attached hydrogens (tertiary/aromatic N) is 4. The number of hydrogen-bond donors (Lipinski definition) is 2. The van der Waals surface area contributed by atoms with E-state index in [0.717, 1.165) is 0 Å². The predicted octanol–water partition coefficient (Wildman–Crippen LogP) is 2.22. The number of nitro benzene ring substituents is 1. The van der Waals surface area contributed by atoms with Crippen LogP contribution in [0.15, 0.2) is 22.0 Å². The molecule has 2 aromatic rings. The molecule has 0 unspecified atom stereocenters. The Morgan fingerprint density at radius 3 is 2.61 bits per heavy atom. The first-order valence-electron chi connectivity index (χ1n) is 8.43. The van der Waals surface area contributed by atoms with E-state index in [0.29, 0.717) is 11.3 Å². The summed E-state index contributed by atoms with van der Waals surface area (Å²) >= 11 is 0. The van der Waals surface area contributed by atoms with Crippen molar-refractivity contribution in [3.8, 4) is 11.5 Å². The molecule has 11 heteroatoms. The van der Waals surface area contributed by atoms with E-state index in [2.05, 4.69) is 25.7 Å². The van der Waals surface area contributed by atoms with Gasteiger partial charge < -0.3 is 9.47 Å². The summed E-state index contributed by atoms with van der Waals surface area (Å²) in [5.41, 5.74) is 2.16. The van der Waals surface area contributed by atoms with Crippen molar-refractivity contribution in [3.05, 3.63) is 43.9 Å². The highest BCUT2D eigenvalue weighted by Crippen LogP contribution is 2.37. The third kappa shape index (κ3) is 4.81. The number of methoxy groups -OCH3 is 1. The largest absolute Gasteiger partial charge is 0.493 e. The van der Waals surface area contributed by atoms with Crippen LogP contribution in [0.5, 0.6) is 11.5 Å². The fourth-order valence-electron chi connectivity index (χ4n) is 2.31. The second kappa shape index (κ2) is 8.46. The standard InChI is InChI=1S/C17H22N6O5/c1-6-28-13-11(23(25)26)7-10(8-12(13)27-5)9-18-21-16-19-15(24)14(20-22-16)17(2,3)4/h7-9H,6H2,1-5H3,(H2,19,21,22,24)/b18-9+. The van der Waals surface area contributed by atoms with Crippen LogP contribution >= 0.6 is 0 Å². The van der Waals surface area contributed by atoms with Gasteiger partial charge in [-0.05, 0) is 13.0 Å². The second-order valence-electron chi connectivity index (χ2n) is 6.73. The highest BCUT2D eigenvalue weighted by atomic mass is 16.6. The predicted molar refractivity (Wildman–Crippen MR) is 103 cm³/mol. The van der Waals surface area contributed by atoms with Crippen LogP contribution in [0, 0.1) is 10.1 Å². The molecule has 28 heavy (non-hydrogen) atoms. The zero-order valence-electron chi connectivity index (χ0n) is 16.3. The molecule has 150 valence electrons. The van der Waals surface area contributed by atoms with Gasteiger partial charge in [0.25, 0.3) is 5.56 Å². The lowest BCUT2D eigenvalue weighted by molar-refractivity contribution is -0.385. The van der Waals surface area contributed by atoms with Crippen LogP contribution < -0.4 is 20.5 Å². The highest BCUT2D eigenvalue weighted by Gasteiger charge is 2.22. The minimum absolute atomic E-state index is 0.0432. The van der Waals surface area contributed by atoms with Crippen LogP contribution in [-0.4, -0.2) is 40.0 Å². The minimum Gasteiger partial charge on any atom is -0.493 e. The summed E-state index contributed by atoms with van der Waals surface area (Å²) < 4.78 is 10.5. The van der Waals surface area contributed by atoms with Crippen molar-refractivity contribution < 1.29 is 14.4 Å². The van der Waals surface area contributed by atoms with Crippen molar-refractivity contribution in [2.45, 2.75) is 33.1 Å². The molecule has 0 fully saturated rings. The van der Waals surface area contributed by atoms with Crippen LogP contribution in [0.2, 0.25) is 0 Å². The summed E-state index contributed by atoms with van der Waals surface area (Å²) in [6, 6.07) is 2.84. The average Bonchev–Trinajstić information content (AvgIpc) is 2.61. The smallest absolute Gasteiger partial charge is 0.315 e. The van der Waals surface area contributed by atoms with E-state index < -0.39 is 10.3 Å². The molecule has 2 N–H and O–H groups in total. The number of hydrogen-bond acceptors (Lipinski definition) is 9. The molecular weight excluding hydrogens is 368 g/mol. The Bertz CT molecular complexity index is 948. The Balaban J connectivity index is 2.27. The van der Waals surface area contributed by atoms with Gasteiger partial charge in [0, 0.05) is 17.0 Å². The molecule has 0 saturated carbocycles. The van der Waals surface area contributed by atoms with Gasteiger partial charge in [-0.2, -0.15) is 5.10 Å². The Labute approximate surface area is 160 Å². The number of nitro groups is 1. The van der Waals surface area contributed by atoms with E-state index in [-0.39, 0.29) is 35.3 Å². The topological polar surface area (TPSA) is 145 Å². The van der Waals surface area contributed by atoms with Crippen molar-refractivity contribution in [1.29, 1.82) is 0 Å². The van der Waals surface area contributed by atoms with Crippen LogP contribution in [-0.2, 0) is 5.41 Å². The van der Waals surface area contributed by atoms with Gasteiger partial charge in [0.1, 0.15) is 5.69 Å². The van der Waals surface area contributed by atoms with Gasteiger partial charge in [0.05, 0.1) is 24.9 Å². The Hall–Kier alpha value is -3.50. The van der Waals surface area contributed by atoms with Gasteiger partial charge in [-0.3, -0.25) is 19.9 Å². The lowest BCUT2D eigenvalue weighted by atomic mass is 9.93. The molecule has 0 saturated heterocycles. The molecule has 0 bridgehead atoms. The van der Waals surface area contributed by atoms with Gasteiger partial charge in [0.2, 0.25) is 11.7 Å². The van der Waals surface area contributed by atoms with Crippen molar-refractivity contribution in [3.63, 3.8) is 0 Å². The molecule has 0 atom stereocenters. The van der Waals surface area contributed by atoms with E-state index in [1.807, 2.05) is 20.8 Å². The fourth-order valence-corrected chi connectivity index (χ4v) is 2.31. The number of aromatic amines is 1. The van der Waals surface area contributed by atoms with Gasteiger partial charge in [-0.1, -0.05) is 20.8 Å². The monoisotopic (exact) mass is 390 g/mol. The molecule has 0 aliphatic carbocycles. The van der Waals surface area contributed by atoms with Gasteiger partial charge >= 0.3 is 5.69 Å². The zero-order chi connectivity index (χ0) is 20.9. The van der Waals surface area contributed by atoms with Crippen molar-refractivity contribution in [1.82, 2.24) is 15.2 Å². The first kappa shape index (κ1) is 20.8. The number of ether oxygens (including phenoxy) is 2.